The van der Waals surface area contributed by atoms with E-state index in [2.05, 4.69) is 9.84 Å². The Balaban J connectivity index is 4.15. The van der Waals surface area contributed by atoms with Crippen molar-refractivity contribution in [1.29, 1.82) is 0 Å². The number of ketones is 1. The highest BCUT2D eigenvalue weighted by Gasteiger charge is 2.17. The molecular weight excluding hydrogens is 148 g/mol. The minimum Gasteiger partial charge on any atom is -0.460 e. The normalized spacial score (nSPS) is 10.9. The van der Waals surface area contributed by atoms with Gasteiger partial charge < -0.3 is 10.6 Å². The summed E-state index contributed by atoms with van der Waals surface area (Å²) >= 11 is 0. The van der Waals surface area contributed by atoms with Crippen molar-refractivity contribution in [1.82, 2.24) is 0 Å². The minimum absolute atomic E-state index is 0.0524. The minimum atomic E-state index is -0.917. The van der Waals surface area contributed by atoms with Crippen molar-refractivity contribution in [2.45, 2.75) is 13.8 Å². The Morgan fingerprint density at radius 2 is 2.09 bits per heavy atom. The van der Waals surface area contributed by atoms with Crippen molar-refractivity contribution in [3.05, 3.63) is 0 Å². The zero-order valence-electron chi connectivity index (χ0n) is 6.46. The molecule has 0 bridgehead atoms. The van der Waals surface area contributed by atoms with Crippen molar-refractivity contribution < 1.29 is 14.3 Å². The zero-order chi connectivity index (χ0) is 8.85. The molecule has 0 fully saturated rings. The first kappa shape index (κ1) is 9.61. The molecule has 2 N–H and O–H groups in total. The molecule has 11 heavy (non-hydrogen) atoms. The molecule has 62 valence electrons. The summed E-state index contributed by atoms with van der Waals surface area (Å²) in [5, 5.41) is 3.06. The number of ether oxygens (including phenoxy) is 1. The quantitative estimate of drug-likeness (QED) is 0.196. The highest BCUT2D eigenvalue weighted by molar-refractivity contribution is 6.63. The summed E-state index contributed by atoms with van der Waals surface area (Å²) in [7, 11) is 0. The number of hydrogen-bond donors (Lipinski definition) is 1. The summed E-state index contributed by atoms with van der Waals surface area (Å²) in [5.41, 5.74) is -0.0524. The predicted molar refractivity (Wildman–Crippen MR) is 38.9 cm³/mol. The van der Waals surface area contributed by atoms with Crippen LogP contribution in [0.4, 0.5) is 0 Å². The van der Waals surface area contributed by atoms with Gasteiger partial charge in [-0.3, -0.25) is 4.79 Å². The van der Waals surface area contributed by atoms with Crippen molar-refractivity contribution in [2.75, 3.05) is 6.61 Å². The first-order valence-electron chi connectivity index (χ1n) is 3.09. The molecule has 0 rings (SSSR count). The number of Topliss-reactive ketones (excluding diaryl/α,β-unsaturated/α-hetero) is 1. The Hall–Kier alpha value is -1.39. The number of carbonyl (C=O) groups excluding carboxylic acids is 2. The second-order valence-electron chi connectivity index (χ2n) is 1.76. The maximum atomic E-state index is 10.8. The van der Waals surface area contributed by atoms with Crippen LogP contribution in [0.15, 0.2) is 5.10 Å². The van der Waals surface area contributed by atoms with E-state index in [9.17, 15) is 9.59 Å². The van der Waals surface area contributed by atoms with E-state index in [4.69, 9.17) is 5.84 Å². The van der Waals surface area contributed by atoms with E-state index in [0.717, 1.165) is 0 Å². The van der Waals surface area contributed by atoms with E-state index in [1.54, 1.807) is 6.92 Å². The van der Waals surface area contributed by atoms with Gasteiger partial charge in [-0.2, -0.15) is 5.10 Å². The largest absolute Gasteiger partial charge is 0.460 e. The molecule has 0 aromatic rings. The fourth-order valence-electron chi connectivity index (χ4n) is 0.403. The van der Waals surface area contributed by atoms with Crippen LogP contribution >= 0.6 is 0 Å². The van der Waals surface area contributed by atoms with Crippen LogP contribution in [-0.4, -0.2) is 24.1 Å². The Morgan fingerprint density at radius 1 is 1.55 bits per heavy atom. The summed E-state index contributed by atoms with van der Waals surface area (Å²) in [4.78, 5) is 21.4. The molecule has 0 aliphatic carbocycles. The number of nitrogens with zero attached hydrogens (tertiary/aromatic N) is 1. The molecule has 0 radical (unpaired) electrons. The lowest BCUT2D eigenvalue weighted by Gasteiger charge is -1.97. The van der Waals surface area contributed by atoms with Gasteiger partial charge in [-0.1, -0.05) is 0 Å². The van der Waals surface area contributed by atoms with E-state index in [1.165, 1.54) is 6.92 Å². The second kappa shape index (κ2) is 4.43. The predicted octanol–water partition coefficient (Wildman–Crippen LogP) is -0.547. The summed E-state index contributed by atoms with van der Waals surface area (Å²) in [5.74, 6) is 3.05. The fraction of sp³-hybridized carbons (Fsp3) is 0.500. The van der Waals surface area contributed by atoms with Gasteiger partial charge in [0.05, 0.1) is 6.61 Å². The molecule has 0 saturated carbocycles. The maximum absolute atomic E-state index is 10.8. The smallest absolute Gasteiger partial charge is 0.381 e. The van der Waals surface area contributed by atoms with Gasteiger partial charge in [-0.05, 0) is 13.8 Å². The molecule has 0 spiro atoms. The SMILES string of the molecule is CCOC(=O)C(=O)C(C)=NN. The second-order valence-corrected chi connectivity index (χ2v) is 1.76. The van der Waals surface area contributed by atoms with Crippen molar-refractivity contribution in [3.63, 3.8) is 0 Å². The number of hydrogen-bond acceptors (Lipinski definition) is 5. The van der Waals surface area contributed by atoms with Crippen molar-refractivity contribution in [3.8, 4) is 0 Å². The van der Waals surface area contributed by atoms with Gasteiger partial charge in [0.15, 0.2) is 0 Å². The third kappa shape index (κ3) is 2.79. The van der Waals surface area contributed by atoms with E-state index in [0.29, 0.717) is 0 Å². The highest BCUT2D eigenvalue weighted by atomic mass is 16.5. The lowest BCUT2D eigenvalue weighted by atomic mass is 10.3. The molecule has 5 nitrogen and oxygen atoms in total. The molecule has 0 aliphatic heterocycles. The van der Waals surface area contributed by atoms with Crippen LogP contribution in [0.3, 0.4) is 0 Å². The first-order valence-corrected chi connectivity index (χ1v) is 3.09. The molecular formula is C6H10N2O3. The first-order chi connectivity index (χ1) is 5.13. The monoisotopic (exact) mass is 158 g/mol. The van der Waals surface area contributed by atoms with E-state index >= 15 is 0 Å². The molecule has 0 heterocycles. The van der Waals surface area contributed by atoms with Crippen LogP contribution in [0.25, 0.3) is 0 Å². The maximum Gasteiger partial charge on any atom is 0.381 e. The molecule has 0 unspecified atom stereocenters. The number of nitrogens with two attached hydrogens (primary N) is 1. The fourth-order valence-corrected chi connectivity index (χ4v) is 0.403. The van der Waals surface area contributed by atoms with Gasteiger partial charge in [0.25, 0.3) is 5.78 Å². The van der Waals surface area contributed by atoms with Gasteiger partial charge in [-0.25, -0.2) is 4.79 Å². The van der Waals surface area contributed by atoms with Crippen LogP contribution in [-0.2, 0) is 14.3 Å². The Morgan fingerprint density at radius 3 is 2.45 bits per heavy atom. The van der Waals surface area contributed by atoms with Gasteiger partial charge in [0, 0.05) is 0 Å². The summed E-state index contributed by atoms with van der Waals surface area (Å²) in [6, 6.07) is 0. The van der Waals surface area contributed by atoms with E-state index < -0.39 is 11.8 Å². The average Bonchev–Trinajstić information content (AvgIpc) is 2.02. The molecule has 0 amide bonds. The lowest BCUT2D eigenvalue weighted by Crippen LogP contribution is -2.24. The van der Waals surface area contributed by atoms with Gasteiger partial charge in [0.1, 0.15) is 5.71 Å². The third-order valence-electron chi connectivity index (χ3n) is 0.983. The number of rotatable bonds is 3. The number of esters is 1. The van der Waals surface area contributed by atoms with Crippen LogP contribution < -0.4 is 5.84 Å². The van der Waals surface area contributed by atoms with Crippen LogP contribution in [0.1, 0.15) is 13.8 Å². The average molecular weight is 158 g/mol. The zero-order valence-corrected chi connectivity index (χ0v) is 6.46. The lowest BCUT2D eigenvalue weighted by molar-refractivity contribution is -0.150. The number of carbonyl (C=O) groups is 2. The Kier molecular flexibility index (Phi) is 3.87. The molecule has 0 aliphatic rings. The molecule has 0 aromatic carbocycles. The van der Waals surface area contributed by atoms with Gasteiger partial charge >= 0.3 is 5.97 Å². The van der Waals surface area contributed by atoms with Crippen LogP contribution in [0.2, 0.25) is 0 Å². The standard InChI is InChI=1S/C6H10N2O3/c1-3-11-6(10)5(9)4(2)8-7/h3,7H2,1-2H3. The molecule has 0 atom stereocenters. The van der Waals surface area contributed by atoms with E-state index in [-0.39, 0.29) is 12.3 Å². The number of hydrazone groups is 1. The molecule has 0 saturated heterocycles. The van der Waals surface area contributed by atoms with Crippen molar-refractivity contribution >= 4 is 17.5 Å². The Bertz CT molecular complexity index is 198. The van der Waals surface area contributed by atoms with Crippen LogP contribution in [0, 0.1) is 0 Å². The third-order valence-corrected chi connectivity index (χ3v) is 0.983. The molecule has 0 aromatic heterocycles. The van der Waals surface area contributed by atoms with Crippen molar-refractivity contribution in [2.24, 2.45) is 10.9 Å². The summed E-state index contributed by atoms with van der Waals surface area (Å²) in [6.45, 7) is 3.13. The topological polar surface area (TPSA) is 81.8 Å². The Labute approximate surface area is 64.2 Å². The molecule has 5 heteroatoms. The van der Waals surface area contributed by atoms with Gasteiger partial charge in [-0.15, -0.1) is 0 Å². The summed E-state index contributed by atoms with van der Waals surface area (Å²) in [6.07, 6.45) is 0. The highest BCUT2D eigenvalue weighted by Crippen LogP contribution is 1.84. The van der Waals surface area contributed by atoms with Crippen LogP contribution in [0.5, 0.6) is 0 Å². The van der Waals surface area contributed by atoms with Gasteiger partial charge in [0.2, 0.25) is 0 Å². The summed E-state index contributed by atoms with van der Waals surface area (Å²) < 4.78 is 4.40. The van der Waals surface area contributed by atoms with E-state index in [1.807, 2.05) is 0 Å².